The summed E-state index contributed by atoms with van der Waals surface area (Å²) in [6.45, 7) is 1.47. The Kier molecular flexibility index (Phi) is 4.56. The lowest BCUT2D eigenvalue weighted by Gasteiger charge is -2.16. The number of hydrogen-bond acceptors (Lipinski definition) is 2. The maximum Gasteiger partial charge on any atom is 0.102 e. The van der Waals surface area contributed by atoms with Crippen molar-refractivity contribution >= 4 is 0 Å². The van der Waals surface area contributed by atoms with E-state index in [4.69, 9.17) is 5.73 Å². The predicted molar refractivity (Wildman–Crippen MR) is 56.6 cm³/mol. The number of benzene rings is 1. The van der Waals surface area contributed by atoms with E-state index in [1.807, 2.05) is 36.2 Å². The molecule has 0 radical (unpaired) electrons. The van der Waals surface area contributed by atoms with Gasteiger partial charge in [0.05, 0.1) is 0 Å². The van der Waals surface area contributed by atoms with E-state index >= 15 is 0 Å². The van der Waals surface area contributed by atoms with E-state index in [-0.39, 0.29) is 6.67 Å². The molecule has 2 N–H and O–H groups in total. The van der Waals surface area contributed by atoms with Gasteiger partial charge in [-0.1, -0.05) is 24.3 Å². The summed E-state index contributed by atoms with van der Waals surface area (Å²) in [6.07, 6.45) is 0. The molecule has 0 aromatic heterocycles. The van der Waals surface area contributed by atoms with E-state index in [0.29, 0.717) is 13.1 Å². The van der Waals surface area contributed by atoms with Gasteiger partial charge in [-0.2, -0.15) is 0 Å². The van der Waals surface area contributed by atoms with Crippen LogP contribution in [0.5, 0.6) is 0 Å². The Hall–Kier alpha value is -0.930. The van der Waals surface area contributed by atoms with Crippen molar-refractivity contribution < 1.29 is 4.39 Å². The minimum Gasteiger partial charge on any atom is -0.326 e. The molecule has 1 rings (SSSR count). The van der Waals surface area contributed by atoms with Crippen molar-refractivity contribution in [1.82, 2.24) is 4.90 Å². The van der Waals surface area contributed by atoms with Crippen LogP contribution in [0, 0.1) is 0 Å². The number of rotatable bonds is 5. The van der Waals surface area contributed by atoms with Crippen LogP contribution in [0.15, 0.2) is 24.3 Å². The minimum atomic E-state index is -0.304. The van der Waals surface area contributed by atoms with E-state index in [0.717, 1.165) is 12.1 Å². The number of hydrogen-bond donors (Lipinski definition) is 1. The molecule has 2 nitrogen and oxygen atoms in total. The summed E-state index contributed by atoms with van der Waals surface area (Å²) < 4.78 is 12.1. The third kappa shape index (κ3) is 3.09. The standard InChI is InChI=1S/C11H17FN2/c1-14(7-6-12)9-11-5-3-2-4-10(11)8-13/h2-5H,6-9,13H2,1H3. The van der Waals surface area contributed by atoms with Crippen LogP contribution >= 0.6 is 0 Å². The second-order valence-corrected chi connectivity index (χ2v) is 3.40. The molecule has 0 heterocycles. The Bertz CT molecular complexity index is 276. The van der Waals surface area contributed by atoms with Crippen molar-refractivity contribution in [3.05, 3.63) is 35.4 Å². The lowest BCUT2D eigenvalue weighted by molar-refractivity contribution is 0.288. The lowest BCUT2D eigenvalue weighted by atomic mass is 10.1. The van der Waals surface area contributed by atoms with Crippen LogP contribution in [0.4, 0.5) is 4.39 Å². The maximum atomic E-state index is 12.1. The zero-order valence-corrected chi connectivity index (χ0v) is 8.54. The van der Waals surface area contributed by atoms with Crippen LogP contribution in [0.1, 0.15) is 11.1 Å². The molecule has 3 heteroatoms. The van der Waals surface area contributed by atoms with Gasteiger partial charge in [-0.3, -0.25) is 4.90 Å². The largest absolute Gasteiger partial charge is 0.326 e. The third-order valence-corrected chi connectivity index (χ3v) is 2.24. The fourth-order valence-corrected chi connectivity index (χ4v) is 1.43. The summed E-state index contributed by atoms with van der Waals surface area (Å²) in [7, 11) is 1.91. The second kappa shape index (κ2) is 5.73. The summed E-state index contributed by atoms with van der Waals surface area (Å²) in [6, 6.07) is 8.01. The molecule has 1 aromatic rings. The SMILES string of the molecule is CN(CCF)Cc1ccccc1CN. The quantitative estimate of drug-likeness (QED) is 0.774. The van der Waals surface area contributed by atoms with Crippen molar-refractivity contribution in [2.24, 2.45) is 5.73 Å². The molecule has 0 saturated heterocycles. The van der Waals surface area contributed by atoms with Crippen LogP contribution in [-0.2, 0) is 13.1 Å². The molecule has 0 atom stereocenters. The predicted octanol–water partition coefficient (Wildman–Crippen LogP) is 1.55. The lowest BCUT2D eigenvalue weighted by Crippen LogP contribution is -2.21. The summed E-state index contributed by atoms with van der Waals surface area (Å²) in [5.74, 6) is 0. The van der Waals surface area contributed by atoms with Crippen LogP contribution in [0.2, 0.25) is 0 Å². The summed E-state index contributed by atoms with van der Waals surface area (Å²) in [5.41, 5.74) is 7.93. The molecule has 0 aliphatic heterocycles. The molecule has 1 aromatic carbocycles. The Morgan fingerprint density at radius 3 is 2.50 bits per heavy atom. The maximum absolute atomic E-state index is 12.1. The second-order valence-electron chi connectivity index (χ2n) is 3.40. The van der Waals surface area contributed by atoms with Gasteiger partial charge in [0.25, 0.3) is 0 Å². The van der Waals surface area contributed by atoms with Crippen molar-refractivity contribution in [3.63, 3.8) is 0 Å². The molecule has 0 unspecified atom stereocenters. The Balaban J connectivity index is 2.65. The van der Waals surface area contributed by atoms with Crippen molar-refractivity contribution in [1.29, 1.82) is 0 Å². The summed E-state index contributed by atoms with van der Waals surface area (Å²) in [5, 5.41) is 0. The molecule has 0 aliphatic carbocycles. The first-order valence-corrected chi connectivity index (χ1v) is 4.79. The molecule has 0 bridgehead atoms. The van der Waals surface area contributed by atoms with E-state index in [1.165, 1.54) is 5.56 Å². The van der Waals surface area contributed by atoms with Crippen molar-refractivity contribution in [2.45, 2.75) is 13.1 Å². The monoisotopic (exact) mass is 196 g/mol. The van der Waals surface area contributed by atoms with Gasteiger partial charge in [-0.15, -0.1) is 0 Å². The average Bonchev–Trinajstić information content (AvgIpc) is 2.19. The van der Waals surface area contributed by atoms with Gasteiger partial charge in [0, 0.05) is 19.6 Å². The van der Waals surface area contributed by atoms with Gasteiger partial charge >= 0.3 is 0 Å². The fraction of sp³-hybridized carbons (Fsp3) is 0.455. The van der Waals surface area contributed by atoms with E-state index < -0.39 is 0 Å². The van der Waals surface area contributed by atoms with Crippen molar-refractivity contribution in [3.8, 4) is 0 Å². The van der Waals surface area contributed by atoms with Gasteiger partial charge in [-0.25, -0.2) is 4.39 Å². The zero-order chi connectivity index (χ0) is 10.4. The highest BCUT2D eigenvalue weighted by Gasteiger charge is 2.03. The Morgan fingerprint density at radius 2 is 1.93 bits per heavy atom. The smallest absolute Gasteiger partial charge is 0.102 e. The molecule has 0 amide bonds. The number of alkyl halides is 1. The van der Waals surface area contributed by atoms with Crippen LogP contribution in [0.3, 0.4) is 0 Å². The zero-order valence-electron chi connectivity index (χ0n) is 8.54. The highest BCUT2D eigenvalue weighted by atomic mass is 19.1. The number of nitrogens with zero attached hydrogens (tertiary/aromatic N) is 1. The molecular weight excluding hydrogens is 179 g/mol. The average molecular weight is 196 g/mol. The van der Waals surface area contributed by atoms with Gasteiger partial charge in [-0.05, 0) is 18.2 Å². The topological polar surface area (TPSA) is 29.3 Å². The Labute approximate surface area is 84.5 Å². The van der Waals surface area contributed by atoms with Crippen LogP contribution in [0.25, 0.3) is 0 Å². The first kappa shape index (κ1) is 11.1. The normalized spacial score (nSPS) is 10.9. The Morgan fingerprint density at radius 1 is 1.29 bits per heavy atom. The van der Waals surface area contributed by atoms with E-state index in [2.05, 4.69) is 0 Å². The molecular formula is C11H17FN2. The van der Waals surface area contributed by atoms with Gasteiger partial charge in [0.1, 0.15) is 6.67 Å². The minimum absolute atomic E-state index is 0.304. The molecule has 78 valence electrons. The highest BCUT2D eigenvalue weighted by molar-refractivity contribution is 5.26. The van der Waals surface area contributed by atoms with Crippen LogP contribution < -0.4 is 5.73 Å². The van der Waals surface area contributed by atoms with Crippen LogP contribution in [-0.4, -0.2) is 25.2 Å². The first-order valence-electron chi connectivity index (χ1n) is 4.79. The van der Waals surface area contributed by atoms with Crippen molar-refractivity contribution in [2.75, 3.05) is 20.3 Å². The van der Waals surface area contributed by atoms with E-state index in [1.54, 1.807) is 0 Å². The van der Waals surface area contributed by atoms with E-state index in [9.17, 15) is 4.39 Å². The third-order valence-electron chi connectivity index (χ3n) is 2.24. The van der Waals surface area contributed by atoms with Gasteiger partial charge in [0.2, 0.25) is 0 Å². The molecule has 0 fully saturated rings. The van der Waals surface area contributed by atoms with Gasteiger partial charge in [0.15, 0.2) is 0 Å². The molecule has 0 saturated carbocycles. The summed E-state index contributed by atoms with van der Waals surface area (Å²) >= 11 is 0. The molecule has 0 aliphatic rings. The van der Waals surface area contributed by atoms with Gasteiger partial charge < -0.3 is 5.73 Å². The first-order chi connectivity index (χ1) is 6.77. The molecule has 0 spiro atoms. The number of nitrogens with two attached hydrogens (primary N) is 1. The highest BCUT2D eigenvalue weighted by Crippen LogP contribution is 2.09. The summed E-state index contributed by atoms with van der Waals surface area (Å²) in [4.78, 5) is 1.95. The molecule has 14 heavy (non-hydrogen) atoms. The number of halogens is 1. The fourth-order valence-electron chi connectivity index (χ4n) is 1.43.